The first-order chi connectivity index (χ1) is 8.27. The Morgan fingerprint density at radius 1 is 1.53 bits per heavy atom. The van der Waals surface area contributed by atoms with Crippen LogP contribution in [-0.4, -0.2) is 29.3 Å². The molecule has 0 aliphatic rings. The highest BCUT2D eigenvalue weighted by molar-refractivity contribution is 5.29. The Morgan fingerprint density at radius 3 is 3.06 bits per heavy atom. The Kier molecular flexibility index (Phi) is 6.40. The van der Waals surface area contributed by atoms with Crippen molar-refractivity contribution in [2.45, 2.75) is 33.2 Å². The molecule has 96 valence electrons. The smallest absolute Gasteiger partial charge is 0.203 e. The second kappa shape index (κ2) is 7.90. The van der Waals surface area contributed by atoms with Crippen LogP contribution in [0.1, 0.15) is 25.5 Å². The van der Waals surface area contributed by atoms with Gasteiger partial charge in [-0.05, 0) is 19.8 Å². The van der Waals surface area contributed by atoms with Crippen molar-refractivity contribution in [2.75, 3.05) is 25.1 Å². The van der Waals surface area contributed by atoms with Gasteiger partial charge in [0.15, 0.2) is 0 Å². The van der Waals surface area contributed by atoms with E-state index in [0.717, 1.165) is 50.8 Å². The normalized spacial score (nSPS) is 10.5. The number of aryl methyl sites for hydroxylation is 2. The first kappa shape index (κ1) is 13.8. The first-order valence-electron chi connectivity index (χ1n) is 6.24. The Hall–Kier alpha value is -1.29. The molecule has 0 fully saturated rings. The zero-order valence-corrected chi connectivity index (χ0v) is 10.9. The van der Waals surface area contributed by atoms with Gasteiger partial charge >= 0.3 is 0 Å². The van der Waals surface area contributed by atoms with Crippen LogP contribution in [0.3, 0.4) is 0 Å². The summed E-state index contributed by atoms with van der Waals surface area (Å²) in [7, 11) is 0. The second-order valence-electron chi connectivity index (χ2n) is 4.03. The number of aromatic nitrogens is 2. The van der Waals surface area contributed by atoms with Gasteiger partial charge in [0.1, 0.15) is 0 Å². The fourth-order valence-corrected chi connectivity index (χ4v) is 1.61. The van der Waals surface area contributed by atoms with Crippen LogP contribution in [-0.2, 0) is 11.3 Å². The third-order valence-corrected chi connectivity index (χ3v) is 2.34. The van der Waals surface area contributed by atoms with Crippen LogP contribution in [0, 0.1) is 6.92 Å². The molecule has 1 aromatic rings. The monoisotopic (exact) mass is 237 g/mol. The number of ether oxygens (including phenoxy) is 1. The van der Waals surface area contributed by atoms with E-state index in [1.165, 1.54) is 0 Å². The fraction of sp³-hybridized carbons (Fsp3) is 0.615. The van der Waals surface area contributed by atoms with E-state index in [1.54, 1.807) is 0 Å². The highest BCUT2D eigenvalue weighted by Crippen LogP contribution is 2.09. The fourth-order valence-electron chi connectivity index (χ4n) is 1.61. The van der Waals surface area contributed by atoms with E-state index < -0.39 is 0 Å². The average molecular weight is 237 g/mol. The molecule has 4 nitrogen and oxygen atoms in total. The Labute approximate surface area is 104 Å². The van der Waals surface area contributed by atoms with Crippen molar-refractivity contribution in [3.63, 3.8) is 0 Å². The molecule has 0 radical (unpaired) electrons. The van der Waals surface area contributed by atoms with Gasteiger partial charge < -0.3 is 14.6 Å². The van der Waals surface area contributed by atoms with E-state index in [2.05, 4.69) is 34.6 Å². The summed E-state index contributed by atoms with van der Waals surface area (Å²) >= 11 is 0. The molecule has 1 rings (SSSR count). The average Bonchev–Trinajstić information content (AvgIpc) is 2.67. The van der Waals surface area contributed by atoms with Gasteiger partial charge in [-0.2, -0.15) is 0 Å². The minimum Gasteiger partial charge on any atom is -0.381 e. The number of nitrogens with zero attached hydrogens (tertiary/aromatic N) is 2. The predicted octanol–water partition coefficient (Wildman–Crippen LogP) is 2.61. The summed E-state index contributed by atoms with van der Waals surface area (Å²) in [5.41, 5.74) is 1.03. The third-order valence-electron chi connectivity index (χ3n) is 2.34. The van der Waals surface area contributed by atoms with Crippen LogP contribution in [0.2, 0.25) is 0 Å². The van der Waals surface area contributed by atoms with E-state index in [-0.39, 0.29) is 0 Å². The molecule has 0 saturated carbocycles. The molecule has 0 saturated heterocycles. The largest absolute Gasteiger partial charge is 0.381 e. The minimum absolute atomic E-state index is 0.739. The van der Waals surface area contributed by atoms with Crippen molar-refractivity contribution in [1.82, 2.24) is 9.55 Å². The lowest BCUT2D eigenvalue weighted by Gasteiger charge is -2.08. The molecule has 1 heterocycles. The van der Waals surface area contributed by atoms with Gasteiger partial charge in [-0.1, -0.05) is 13.0 Å². The van der Waals surface area contributed by atoms with Crippen molar-refractivity contribution < 1.29 is 4.74 Å². The number of imidazole rings is 1. The molecule has 0 bridgehead atoms. The maximum absolute atomic E-state index is 5.46. The zero-order chi connectivity index (χ0) is 12.5. The maximum atomic E-state index is 5.46. The predicted molar refractivity (Wildman–Crippen MR) is 71.4 cm³/mol. The lowest BCUT2D eigenvalue weighted by atomic mass is 10.4. The topological polar surface area (TPSA) is 39.1 Å². The lowest BCUT2D eigenvalue weighted by molar-refractivity contribution is 0.129. The molecule has 1 N–H and O–H groups in total. The van der Waals surface area contributed by atoms with E-state index in [1.807, 2.05) is 13.0 Å². The van der Waals surface area contributed by atoms with Gasteiger partial charge in [-0.25, -0.2) is 4.98 Å². The summed E-state index contributed by atoms with van der Waals surface area (Å²) in [4.78, 5) is 4.43. The molecule has 0 unspecified atom stereocenters. The standard InChI is InChI=1S/C13H23N3O/c1-4-7-14-13-15-12(3)11-16(13)8-6-10-17-9-5-2/h4,11H,1,5-10H2,2-3H3,(H,14,15). The summed E-state index contributed by atoms with van der Waals surface area (Å²) in [6.07, 6.45) is 5.98. The van der Waals surface area contributed by atoms with Crippen molar-refractivity contribution in [2.24, 2.45) is 0 Å². The van der Waals surface area contributed by atoms with Crippen LogP contribution in [0.5, 0.6) is 0 Å². The Balaban J connectivity index is 2.37. The van der Waals surface area contributed by atoms with Crippen LogP contribution in [0.25, 0.3) is 0 Å². The van der Waals surface area contributed by atoms with E-state index in [0.29, 0.717) is 0 Å². The van der Waals surface area contributed by atoms with Crippen molar-refractivity contribution in [3.8, 4) is 0 Å². The molecule has 0 spiro atoms. The minimum atomic E-state index is 0.739. The molecule has 0 aliphatic carbocycles. The summed E-state index contributed by atoms with van der Waals surface area (Å²) in [6.45, 7) is 11.1. The first-order valence-corrected chi connectivity index (χ1v) is 6.24. The van der Waals surface area contributed by atoms with Crippen LogP contribution >= 0.6 is 0 Å². The summed E-state index contributed by atoms with van der Waals surface area (Å²) in [5.74, 6) is 0.915. The molecule has 4 heteroatoms. The molecular formula is C13H23N3O. The van der Waals surface area contributed by atoms with Gasteiger partial charge in [0.25, 0.3) is 0 Å². The van der Waals surface area contributed by atoms with Crippen molar-refractivity contribution in [3.05, 3.63) is 24.5 Å². The highest BCUT2D eigenvalue weighted by atomic mass is 16.5. The second-order valence-corrected chi connectivity index (χ2v) is 4.03. The molecule has 0 amide bonds. The number of hydrogen-bond donors (Lipinski definition) is 1. The Bertz CT molecular complexity index is 333. The van der Waals surface area contributed by atoms with Gasteiger partial charge in [0.05, 0.1) is 5.69 Å². The number of hydrogen-bond acceptors (Lipinski definition) is 3. The number of rotatable bonds is 9. The molecule has 0 aliphatic heterocycles. The molecular weight excluding hydrogens is 214 g/mol. The lowest BCUT2D eigenvalue weighted by Crippen LogP contribution is -2.08. The maximum Gasteiger partial charge on any atom is 0.203 e. The zero-order valence-electron chi connectivity index (χ0n) is 10.9. The van der Waals surface area contributed by atoms with Gasteiger partial charge in [-0.15, -0.1) is 6.58 Å². The quantitative estimate of drug-likeness (QED) is 0.530. The SMILES string of the molecule is C=CCNc1nc(C)cn1CCCOCCC. The number of anilines is 1. The third kappa shape index (κ3) is 5.04. The van der Waals surface area contributed by atoms with Crippen LogP contribution < -0.4 is 5.32 Å². The Morgan fingerprint density at radius 2 is 2.35 bits per heavy atom. The van der Waals surface area contributed by atoms with Gasteiger partial charge in [-0.3, -0.25) is 0 Å². The molecule has 1 aromatic heterocycles. The highest BCUT2D eigenvalue weighted by Gasteiger charge is 2.03. The van der Waals surface area contributed by atoms with Crippen LogP contribution in [0.4, 0.5) is 5.95 Å². The molecule has 0 atom stereocenters. The van der Waals surface area contributed by atoms with Crippen molar-refractivity contribution >= 4 is 5.95 Å². The van der Waals surface area contributed by atoms with Crippen molar-refractivity contribution in [1.29, 1.82) is 0 Å². The van der Waals surface area contributed by atoms with Gasteiger partial charge in [0.2, 0.25) is 5.95 Å². The van der Waals surface area contributed by atoms with E-state index in [9.17, 15) is 0 Å². The summed E-state index contributed by atoms with van der Waals surface area (Å²) < 4.78 is 7.60. The molecule has 17 heavy (non-hydrogen) atoms. The van der Waals surface area contributed by atoms with E-state index >= 15 is 0 Å². The van der Waals surface area contributed by atoms with Gasteiger partial charge in [0, 0.05) is 32.5 Å². The van der Waals surface area contributed by atoms with E-state index in [4.69, 9.17) is 4.74 Å². The number of nitrogens with one attached hydrogen (secondary N) is 1. The molecule has 0 aromatic carbocycles. The van der Waals surface area contributed by atoms with Crippen LogP contribution in [0.15, 0.2) is 18.9 Å². The summed E-state index contributed by atoms with van der Waals surface area (Å²) in [6, 6.07) is 0. The summed E-state index contributed by atoms with van der Waals surface area (Å²) in [5, 5.41) is 3.23.